The first-order valence-corrected chi connectivity index (χ1v) is 9.08. The maximum absolute atomic E-state index is 12.2. The minimum absolute atomic E-state index is 0.0115. The fourth-order valence-electron chi connectivity index (χ4n) is 4.23. The number of carboxylic acid groups (broad SMARTS) is 1. The van der Waals surface area contributed by atoms with Crippen LogP contribution in [0.1, 0.15) is 17.5 Å². The number of β-lactam (4-membered cyclic amide) rings is 1. The van der Waals surface area contributed by atoms with Crippen molar-refractivity contribution in [1.29, 1.82) is 0 Å². The summed E-state index contributed by atoms with van der Waals surface area (Å²) in [5.41, 5.74) is 1.64. The Balaban J connectivity index is 1.82. The van der Waals surface area contributed by atoms with Gasteiger partial charge in [-0.05, 0) is 29.7 Å². The summed E-state index contributed by atoms with van der Waals surface area (Å²) in [6.07, 6.45) is 0.492. The maximum Gasteiger partial charge on any atom is 0.352 e. The average molecular weight is 394 g/mol. The van der Waals surface area contributed by atoms with E-state index < -0.39 is 10.9 Å². The molecule has 1 unspecified atom stereocenters. The van der Waals surface area contributed by atoms with Crippen molar-refractivity contribution in [3.8, 4) is 5.75 Å². The minimum Gasteiger partial charge on any atom is -0.497 e. The first-order valence-electron chi connectivity index (χ1n) is 9.08. The SMILES string of the molecule is COc1ccc(C2=C(C(=O)O)N3C(=O)C[C@H]3C2Cc2ccccc2[N+](=O)[O-])cc1. The van der Waals surface area contributed by atoms with E-state index >= 15 is 0 Å². The molecule has 2 aliphatic rings. The molecular formula is C21H18N2O6. The second kappa shape index (κ2) is 7.05. The second-order valence-corrected chi connectivity index (χ2v) is 7.03. The van der Waals surface area contributed by atoms with Gasteiger partial charge in [-0.2, -0.15) is 0 Å². The van der Waals surface area contributed by atoms with Crippen molar-refractivity contribution < 1.29 is 24.4 Å². The number of nitro groups is 1. The summed E-state index contributed by atoms with van der Waals surface area (Å²) in [6, 6.07) is 13.1. The van der Waals surface area contributed by atoms with Crippen molar-refractivity contribution in [1.82, 2.24) is 4.90 Å². The number of methoxy groups -OCH3 is 1. The number of hydrogen-bond donors (Lipinski definition) is 1. The van der Waals surface area contributed by atoms with Gasteiger partial charge in [-0.1, -0.05) is 30.3 Å². The Morgan fingerprint density at radius 3 is 2.52 bits per heavy atom. The van der Waals surface area contributed by atoms with Crippen LogP contribution < -0.4 is 4.74 Å². The number of benzene rings is 2. The van der Waals surface area contributed by atoms with E-state index in [-0.39, 0.29) is 42.1 Å². The van der Waals surface area contributed by atoms with Gasteiger partial charge >= 0.3 is 5.97 Å². The number of fused-ring (bicyclic) bond motifs is 1. The van der Waals surface area contributed by atoms with Crippen LogP contribution in [0.15, 0.2) is 54.2 Å². The van der Waals surface area contributed by atoms with Crippen LogP contribution in [0.3, 0.4) is 0 Å². The Morgan fingerprint density at radius 2 is 1.93 bits per heavy atom. The quantitative estimate of drug-likeness (QED) is 0.458. The van der Waals surface area contributed by atoms with E-state index in [4.69, 9.17) is 4.74 Å². The van der Waals surface area contributed by atoms with Crippen molar-refractivity contribution in [3.05, 3.63) is 75.5 Å². The smallest absolute Gasteiger partial charge is 0.352 e. The van der Waals surface area contributed by atoms with Crippen LogP contribution >= 0.6 is 0 Å². The van der Waals surface area contributed by atoms with Gasteiger partial charge in [-0.15, -0.1) is 0 Å². The maximum atomic E-state index is 12.2. The Labute approximate surface area is 166 Å². The van der Waals surface area contributed by atoms with Gasteiger partial charge in [0.1, 0.15) is 11.4 Å². The van der Waals surface area contributed by atoms with Gasteiger partial charge in [-0.25, -0.2) is 4.79 Å². The monoisotopic (exact) mass is 394 g/mol. The molecule has 1 fully saturated rings. The van der Waals surface area contributed by atoms with E-state index in [2.05, 4.69) is 0 Å². The van der Waals surface area contributed by atoms with Crippen molar-refractivity contribution in [2.45, 2.75) is 18.9 Å². The van der Waals surface area contributed by atoms with E-state index in [0.717, 1.165) is 0 Å². The highest BCUT2D eigenvalue weighted by atomic mass is 16.6. The number of aliphatic carboxylic acids is 1. The van der Waals surface area contributed by atoms with Gasteiger partial charge in [0.05, 0.1) is 18.1 Å². The number of nitrogens with zero attached hydrogens (tertiary/aromatic N) is 2. The van der Waals surface area contributed by atoms with E-state index in [1.54, 1.807) is 42.5 Å². The fraction of sp³-hybridized carbons (Fsp3) is 0.238. The zero-order valence-corrected chi connectivity index (χ0v) is 15.6. The summed E-state index contributed by atoms with van der Waals surface area (Å²) in [7, 11) is 1.54. The number of carbonyl (C=O) groups is 2. The van der Waals surface area contributed by atoms with Crippen LogP contribution in [0.4, 0.5) is 5.69 Å². The molecular weight excluding hydrogens is 376 g/mol. The van der Waals surface area contributed by atoms with Crippen LogP contribution in [-0.2, 0) is 16.0 Å². The van der Waals surface area contributed by atoms with Crippen molar-refractivity contribution in [2.75, 3.05) is 7.11 Å². The molecule has 2 aliphatic heterocycles. The molecule has 0 aromatic heterocycles. The summed E-state index contributed by atoms with van der Waals surface area (Å²) < 4.78 is 5.17. The van der Waals surface area contributed by atoms with E-state index in [9.17, 15) is 24.8 Å². The largest absolute Gasteiger partial charge is 0.497 e. The van der Waals surface area contributed by atoms with Gasteiger partial charge < -0.3 is 14.7 Å². The number of ether oxygens (including phenoxy) is 1. The third-order valence-corrected chi connectivity index (χ3v) is 5.55. The van der Waals surface area contributed by atoms with Crippen molar-refractivity contribution >= 4 is 23.1 Å². The summed E-state index contributed by atoms with van der Waals surface area (Å²) in [4.78, 5) is 36.5. The summed E-state index contributed by atoms with van der Waals surface area (Å²) in [6.45, 7) is 0. The summed E-state index contributed by atoms with van der Waals surface area (Å²) in [5, 5.41) is 21.3. The third kappa shape index (κ3) is 3.02. The molecule has 2 heterocycles. The molecule has 0 aliphatic carbocycles. The van der Waals surface area contributed by atoms with Gasteiger partial charge in [0.2, 0.25) is 5.91 Å². The van der Waals surface area contributed by atoms with Crippen LogP contribution in [0, 0.1) is 16.0 Å². The van der Waals surface area contributed by atoms with Crippen molar-refractivity contribution in [2.24, 2.45) is 5.92 Å². The molecule has 0 saturated carbocycles. The number of carbonyl (C=O) groups excluding carboxylic acids is 1. The molecule has 2 aromatic rings. The first kappa shape index (κ1) is 18.7. The van der Waals surface area contributed by atoms with Crippen molar-refractivity contribution in [3.63, 3.8) is 0 Å². The average Bonchev–Trinajstić information content (AvgIpc) is 2.97. The Hall–Kier alpha value is -3.68. The normalized spacial score (nSPS) is 20.3. The molecule has 4 rings (SSSR count). The highest BCUT2D eigenvalue weighted by Crippen LogP contribution is 2.49. The lowest BCUT2D eigenvalue weighted by atomic mass is 9.81. The van der Waals surface area contributed by atoms with Crippen LogP contribution in [0.2, 0.25) is 0 Å². The number of carboxylic acids is 1. The number of hydrogen-bond acceptors (Lipinski definition) is 5. The lowest BCUT2D eigenvalue weighted by molar-refractivity contribution is -0.385. The molecule has 148 valence electrons. The van der Waals surface area contributed by atoms with E-state index in [0.29, 0.717) is 22.4 Å². The summed E-state index contributed by atoms with van der Waals surface area (Å²) in [5.74, 6) is -1.16. The topological polar surface area (TPSA) is 110 Å². The van der Waals surface area contributed by atoms with Crippen LogP contribution in [-0.4, -0.2) is 40.0 Å². The van der Waals surface area contributed by atoms with Gasteiger partial charge in [0, 0.05) is 24.0 Å². The van der Waals surface area contributed by atoms with Gasteiger partial charge in [-0.3, -0.25) is 14.9 Å². The van der Waals surface area contributed by atoms with Gasteiger partial charge in [0.15, 0.2) is 0 Å². The molecule has 1 N–H and O–H groups in total. The zero-order chi connectivity index (χ0) is 20.7. The van der Waals surface area contributed by atoms with Crippen LogP contribution in [0.25, 0.3) is 5.57 Å². The lowest BCUT2D eigenvalue weighted by Crippen LogP contribution is -2.52. The molecule has 0 radical (unpaired) electrons. The molecule has 2 aromatic carbocycles. The number of rotatable bonds is 6. The highest BCUT2D eigenvalue weighted by Gasteiger charge is 2.53. The van der Waals surface area contributed by atoms with Crippen LogP contribution in [0.5, 0.6) is 5.75 Å². The Kier molecular flexibility index (Phi) is 4.54. The molecule has 29 heavy (non-hydrogen) atoms. The van der Waals surface area contributed by atoms with E-state index in [1.807, 2.05) is 0 Å². The fourth-order valence-corrected chi connectivity index (χ4v) is 4.23. The first-order chi connectivity index (χ1) is 13.9. The summed E-state index contributed by atoms with van der Waals surface area (Å²) >= 11 is 0. The highest BCUT2D eigenvalue weighted by molar-refractivity contribution is 6.05. The van der Waals surface area contributed by atoms with Gasteiger partial charge in [0.25, 0.3) is 5.69 Å². The number of para-hydroxylation sites is 1. The second-order valence-electron chi connectivity index (χ2n) is 7.03. The third-order valence-electron chi connectivity index (χ3n) is 5.55. The Bertz CT molecular complexity index is 1040. The molecule has 2 atom stereocenters. The molecule has 0 spiro atoms. The zero-order valence-electron chi connectivity index (χ0n) is 15.6. The van der Waals surface area contributed by atoms with E-state index in [1.165, 1.54) is 18.1 Å². The lowest BCUT2D eigenvalue weighted by Gasteiger charge is -2.38. The number of amides is 1. The number of nitro benzene ring substituents is 1. The predicted molar refractivity (Wildman–Crippen MR) is 103 cm³/mol. The molecule has 1 saturated heterocycles. The predicted octanol–water partition coefficient (Wildman–Crippen LogP) is 2.87. The molecule has 8 heteroatoms. The molecule has 1 amide bonds. The standard InChI is InChI=1S/C21H18N2O6/c1-29-14-8-6-12(7-9-14)19-15(10-13-4-2-3-5-16(13)23(27)28)17-11-18(24)22(17)20(19)21(25)26/h2-9,15,17H,10-11H2,1H3,(H,25,26)/t15?,17-/m0/s1. The molecule has 8 nitrogen and oxygen atoms in total. The minimum atomic E-state index is -1.18. The Morgan fingerprint density at radius 1 is 1.24 bits per heavy atom. The molecule has 0 bridgehead atoms.